The van der Waals surface area contributed by atoms with Crippen molar-refractivity contribution in [3.8, 4) is 11.3 Å². The van der Waals surface area contributed by atoms with E-state index in [1.807, 2.05) is 12.1 Å². The number of nitrogens with one attached hydrogen (secondary N) is 2. The van der Waals surface area contributed by atoms with Crippen molar-refractivity contribution in [3.05, 3.63) is 45.7 Å². The fraction of sp³-hybridized carbons (Fsp3) is 0.375. The van der Waals surface area contributed by atoms with Crippen LogP contribution >= 0.6 is 0 Å². The Bertz CT molecular complexity index is 759. The number of nitrogen functional groups attached to an aromatic ring is 1. The summed E-state index contributed by atoms with van der Waals surface area (Å²) in [6.07, 6.45) is 5.43. The number of nitrogens with two attached hydrogens (primary N) is 1. The van der Waals surface area contributed by atoms with Gasteiger partial charge >= 0.3 is 0 Å². The number of benzene rings is 1. The van der Waals surface area contributed by atoms with Crippen molar-refractivity contribution in [2.24, 2.45) is 5.84 Å². The Morgan fingerprint density at radius 1 is 1.24 bits per heavy atom. The molecule has 21 heavy (non-hydrogen) atoms. The third kappa shape index (κ3) is 1.74. The molecule has 0 unspecified atom stereocenters. The fourth-order valence-corrected chi connectivity index (χ4v) is 4.07. The van der Waals surface area contributed by atoms with Gasteiger partial charge in [-0.25, -0.2) is 10.8 Å². The molecule has 1 heterocycles. The number of anilines is 1. The molecule has 4 N–H and O–H groups in total. The smallest absolute Gasteiger partial charge is 0.256 e. The van der Waals surface area contributed by atoms with Crippen LogP contribution in [0.15, 0.2) is 29.1 Å². The summed E-state index contributed by atoms with van der Waals surface area (Å²) in [6.45, 7) is 0. The third-order valence-electron chi connectivity index (χ3n) is 4.95. The van der Waals surface area contributed by atoms with E-state index in [0.717, 1.165) is 36.1 Å². The predicted molar refractivity (Wildman–Crippen MR) is 82.0 cm³/mol. The molecule has 2 aliphatic rings. The standard InChI is InChI=1S/C16H18N4O/c17-20-15-18-13-11-6-2-1-5-10(11)9-16(7-3-4-8-16)12(13)14(21)19-15/h1-2,5-6H,3-4,7-9,17H2,(H2,18,19,20,21). The molecule has 108 valence electrons. The lowest BCUT2D eigenvalue weighted by Crippen LogP contribution is -2.37. The van der Waals surface area contributed by atoms with Gasteiger partial charge in [0, 0.05) is 11.0 Å². The van der Waals surface area contributed by atoms with E-state index in [1.54, 1.807) is 0 Å². The lowest BCUT2D eigenvalue weighted by atomic mass is 9.68. The van der Waals surface area contributed by atoms with Gasteiger partial charge in [-0.2, -0.15) is 0 Å². The summed E-state index contributed by atoms with van der Waals surface area (Å²) in [7, 11) is 0. The summed E-state index contributed by atoms with van der Waals surface area (Å²) in [6, 6.07) is 8.24. The van der Waals surface area contributed by atoms with Gasteiger partial charge in [0.2, 0.25) is 5.95 Å². The van der Waals surface area contributed by atoms with Crippen LogP contribution in [0, 0.1) is 0 Å². The Morgan fingerprint density at radius 3 is 2.76 bits per heavy atom. The molecule has 2 aromatic rings. The average Bonchev–Trinajstić information content (AvgIpc) is 2.95. The molecule has 1 aromatic heterocycles. The second-order valence-corrected chi connectivity index (χ2v) is 6.10. The topological polar surface area (TPSA) is 83.8 Å². The lowest BCUT2D eigenvalue weighted by molar-refractivity contribution is 0.427. The minimum absolute atomic E-state index is 0.0442. The Morgan fingerprint density at radius 2 is 2.00 bits per heavy atom. The fourth-order valence-electron chi connectivity index (χ4n) is 4.07. The Hall–Kier alpha value is -2.14. The minimum Gasteiger partial charge on any atom is -0.294 e. The third-order valence-corrected chi connectivity index (χ3v) is 4.95. The molecule has 0 radical (unpaired) electrons. The first kappa shape index (κ1) is 12.6. The zero-order chi connectivity index (χ0) is 14.4. The van der Waals surface area contributed by atoms with Crippen LogP contribution in [0.5, 0.6) is 0 Å². The van der Waals surface area contributed by atoms with Gasteiger partial charge in [0.05, 0.1) is 11.3 Å². The summed E-state index contributed by atoms with van der Waals surface area (Å²) < 4.78 is 0. The van der Waals surface area contributed by atoms with Gasteiger partial charge in [0.15, 0.2) is 0 Å². The first-order valence-electron chi connectivity index (χ1n) is 7.43. The van der Waals surface area contributed by atoms with Crippen LogP contribution in [0.4, 0.5) is 5.95 Å². The van der Waals surface area contributed by atoms with Crippen LogP contribution in [0.1, 0.15) is 36.8 Å². The highest BCUT2D eigenvalue weighted by Gasteiger charge is 2.43. The van der Waals surface area contributed by atoms with Crippen molar-refractivity contribution < 1.29 is 0 Å². The van der Waals surface area contributed by atoms with Crippen molar-refractivity contribution >= 4 is 5.95 Å². The van der Waals surface area contributed by atoms with Crippen LogP contribution in [-0.4, -0.2) is 9.97 Å². The molecular formula is C16H18N4O. The number of hydrazine groups is 1. The van der Waals surface area contributed by atoms with E-state index in [2.05, 4.69) is 27.5 Å². The Labute approximate surface area is 122 Å². The Kier molecular flexibility index (Phi) is 2.65. The first-order valence-corrected chi connectivity index (χ1v) is 7.43. The number of hydrogen-bond donors (Lipinski definition) is 3. The van der Waals surface area contributed by atoms with Gasteiger partial charge in [0.25, 0.3) is 5.56 Å². The highest BCUT2D eigenvalue weighted by molar-refractivity contribution is 5.72. The van der Waals surface area contributed by atoms with Crippen molar-refractivity contribution in [3.63, 3.8) is 0 Å². The number of rotatable bonds is 1. The largest absolute Gasteiger partial charge is 0.294 e. The molecule has 1 aromatic carbocycles. The number of H-pyrrole nitrogens is 1. The van der Waals surface area contributed by atoms with Crippen molar-refractivity contribution in [1.82, 2.24) is 9.97 Å². The molecule has 4 rings (SSSR count). The van der Waals surface area contributed by atoms with Gasteiger partial charge < -0.3 is 0 Å². The lowest BCUT2D eigenvalue weighted by Gasteiger charge is -2.35. The van der Waals surface area contributed by atoms with Gasteiger partial charge in [0.1, 0.15) is 0 Å². The number of aromatic nitrogens is 2. The van der Waals surface area contributed by atoms with Gasteiger partial charge in [-0.15, -0.1) is 0 Å². The summed E-state index contributed by atoms with van der Waals surface area (Å²) in [5.74, 6) is 5.76. The molecule has 0 bridgehead atoms. The molecule has 1 saturated carbocycles. The maximum Gasteiger partial charge on any atom is 0.256 e. The van der Waals surface area contributed by atoms with E-state index in [1.165, 1.54) is 18.4 Å². The summed E-state index contributed by atoms with van der Waals surface area (Å²) in [5.41, 5.74) is 6.37. The molecule has 1 spiro atoms. The zero-order valence-electron chi connectivity index (χ0n) is 11.8. The quantitative estimate of drug-likeness (QED) is 0.552. The molecular weight excluding hydrogens is 264 g/mol. The normalized spacial score (nSPS) is 18.3. The number of fused-ring (bicyclic) bond motifs is 4. The van der Waals surface area contributed by atoms with Crippen LogP contribution in [-0.2, 0) is 11.8 Å². The van der Waals surface area contributed by atoms with Gasteiger partial charge in [-0.1, -0.05) is 37.1 Å². The highest BCUT2D eigenvalue weighted by atomic mass is 16.1. The van der Waals surface area contributed by atoms with Crippen molar-refractivity contribution in [2.45, 2.75) is 37.5 Å². The van der Waals surface area contributed by atoms with Gasteiger partial charge in [-0.05, 0) is 24.8 Å². The molecule has 0 aliphatic heterocycles. The SMILES string of the molecule is NNc1nc2c(c(=O)[nH]1)C1(CCCC1)Cc1ccccc1-2. The summed E-state index contributed by atoms with van der Waals surface area (Å²) in [5, 5.41) is 0. The van der Waals surface area contributed by atoms with Crippen LogP contribution in [0.2, 0.25) is 0 Å². The molecule has 2 aliphatic carbocycles. The molecule has 5 heteroatoms. The number of nitrogens with zero attached hydrogens (tertiary/aromatic N) is 1. The molecule has 1 fully saturated rings. The van der Waals surface area contributed by atoms with Crippen molar-refractivity contribution in [2.75, 3.05) is 5.43 Å². The Balaban J connectivity index is 2.05. The first-order chi connectivity index (χ1) is 10.2. The van der Waals surface area contributed by atoms with E-state index in [0.29, 0.717) is 5.95 Å². The summed E-state index contributed by atoms with van der Waals surface area (Å²) >= 11 is 0. The molecule has 5 nitrogen and oxygen atoms in total. The number of aromatic amines is 1. The van der Waals surface area contributed by atoms with E-state index >= 15 is 0 Å². The van der Waals surface area contributed by atoms with E-state index in [4.69, 9.17) is 5.84 Å². The van der Waals surface area contributed by atoms with E-state index in [-0.39, 0.29) is 11.0 Å². The second kappa shape index (κ2) is 4.43. The second-order valence-electron chi connectivity index (χ2n) is 6.10. The minimum atomic E-state index is -0.0515. The van der Waals surface area contributed by atoms with Crippen LogP contribution in [0.3, 0.4) is 0 Å². The maximum absolute atomic E-state index is 12.6. The average molecular weight is 282 g/mol. The van der Waals surface area contributed by atoms with E-state index in [9.17, 15) is 4.79 Å². The van der Waals surface area contributed by atoms with Crippen molar-refractivity contribution in [1.29, 1.82) is 0 Å². The van der Waals surface area contributed by atoms with Crippen LogP contribution < -0.4 is 16.8 Å². The highest BCUT2D eigenvalue weighted by Crippen LogP contribution is 2.49. The van der Waals surface area contributed by atoms with Gasteiger partial charge in [-0.3, -0.25) is 15.2 Å². The monoisotopic (exact) mass is 282 g/mol. The predicted octanol–water partition coefficient (Wildman–Crippen LogP) is 2.09. The molecule has 0 saturated heterocycles. The maximum atomic E-state index is 12.6. The molecule has 0 atom stereocenters. The molecule has 0 amide bonds. The zero-order valence-corrected chi connectivity index (χ0v) is 11.8. The van der Waals surface area contributed by atoms with Crippen LogP contribution in [0.25, 0.3) is 11.3 Å². The number of hydrogen-bond acceptors (Lipinski definition) is 4. The summed E-state index contributed by atoms with van der Waals surface area (Å²) in [4.78, 5) is 19.9. The van der Waals surface area contributed by atoms with E-state index < -0.39 is 0 Å².